The molecule has 0 saturated carbocycles. The van der Waals surface area contributed by atoms with Crippen LogP contribution >= 0.6 is 0 Å². The predicted molar refractivity (Wildman–Crippen MR) is 75.9 cm³/mol. The fourth-order valence-corrected chi connectivity index (χ4v) is 3.34. The lowest BCUT2D eigenvalue weighted by Gasteiger charge is -2.47. The predicted octanol–water partition coefficient (Wildman–Crippen LogP) is 2.41. The summed E-state index contributed by atoms with van der Waals surface area (Å²) in [5, 5.41) is 3.76. The molecule has 0 radical (unpaired) electrons. The molecule has 3 heteroatoms. The first kappa shape index (κ1) is 14.3. The normalized spacial score (nSPS) is 37.0. The number of hydrogen-bond donors (Lipinski definition) is 1. The van der Waals surface area contributed by atoms with Crippen molar-refractivity contribution in [3.05, 3.63) is 0 Å². The number of ether oxygens (including phenoxy) is 1. The summed E-state index contributed by atoms with van der Waals surface area (Å²) in [6, 6.07) is 0.635. The van der Waals surface area contributed by atoms with Crippen LogP contribution in [0.15, 0.2) is 0 Å². The zero-order valence-corrected chi connectivity index (χ0v) is 12.5. The lowest BCUT2D eigenvalue weighted by Crippen LogP contribution is -2.63. The molecule has 3 atom stereocenters. The Morgan fingerprint density at radius 1 is 1.22 bits per heavy atom. The second-order valence-corrected chi connectivity index (χ2v) is 6.29. The molecule has 3 nitrogen and oxygen atoms in total. The zero-order valence-electron chi connectivity index (χ0n) is 12.5. The SMILES string of the molecule is CCC1(CC)CN(CC2CCC(C)O2)C(C)CN1. The number of nitrogens with one attached hydrogen (secondary N) is 1. The summed E-state index contributed by atoms with van der Waals surface area (Å²) in [7, 11) is 0. The monoisotopic (exact) mass is 254 g/mol. The van der Waals surface area contributed by atoms with Crippen molar-refractivity contribution < 1.29 is 4.74 Å². The minimum atomic E-state index is 0.330. The number of hydrogen-bond acceptors (Lipinski definition) is 3. The van der Waals surface area contributed by atoms with Crippen LogP contribution < -0.4 is 5.32 Å². The third kappa shape index (κ3) is 3.06. The lowest BCUT2D eigenvalue weighted by molar-refractivity contribution is 0.0000174. The first-order chi connectivity index (χ1) is 8.58. The maximum atomic E-state index is 5.99. The Morgan fingerprint density at radius 3 is 2.50 bits per heavy atom. The summed E-state index contributed by atoms with van der Waals surface area (Å²) in [4.78, 5) is 2.65. The van der Waals surface area contributed by atoms with Crippen LogP contribution in [0.5, 0.6) is 0 Å². The Hall–Kier alpha value is -0.120. The molecule has 0 aromatic heterocycles. The van der Waals surface area contributed by atoms with Crippen LogP contribution in [-0.2, 0) is 4.74 Å². The molecular weight excluding hydrogens is 224 g/mol. The molecule has 1 N–H and O–H groups in total. The van der Waals surface area contributed by atoms with E-state index in [1.54, 1.807) is 0 Å². The molecule has 0 spiro atoms. The van der Waals surface area contributed by atoms with Crippen LogP contribution in [0, 0.1) is 0 Å². The van der Waals surface area contributed by atoms with Crippen LogP contribution in [-0.4, -0.2) is 48.3 Å². The molecule has 2 fully saturated rings. The number of rotatable bonds is 4. The van der Waals surface area contributed by atoms with E-state index < -0.39 is 0 Å². The van der Waals surface area contributed by atoms with Crippen molar-refractivity contribution in [1.29, 1.82) is 0 Å². The van der Waals surface area contributed by atoms with Crippen molar-refractivity contribution in [3.8, 4) is 0 Å². The summed E-state index contributed by atoms with van der Waals surface area (Å²) in [6.45, 7) is 12.6. The highest BCUT2D eigenvalue weighted by Gasteiger charge is 2.36. The molecule has 0 bridgehead atoms. The summed E-state index contributed by atoms with van der Waals surface area (Å²) in [5.74, 6) is 0. The van der Waals surface area contributed by atoms with E-state index in [-0.39, 0.29) is 0 Å². The van der Waals surface area contributed by atoms with Gasteiger partial charge in [-0.1, -0.05) is 13.8 Å². The summed E-state index contributed by atoms with van der Waals surface area (Å²) in [5.41, 5.74) is 0.330. The van der Waals surface area contributed by atoms with E-state index in [2.05, 4.69) is 37.9 Å². The summed E-state index contributed by atoms with van der Waals surface area (Å²) < 4.78 is 5.99. The third-order valence-electron chi connectivity index (χ3n) is 5.01. The average Bonchev–Trinajstić information content (AvgIpc) is 2.78. The van der Waals surface area contributed by atoms with Crippen molar-refractivity contribution >= 4 is 0 Å². The van der Waals surface area contributed by atoms with Gasteiger partial charge in [0.1, 0.15) is 0 Å². The van der Waals surface area contributed by atoms with Gasteiger partial charge in [-0.2, -0.15) is 0 Å². The smallest absolute Gasteiger partial charge is 0.0706 e. The quantitative estimate of drug-likeness (QED) is 0.834. The third-order valence-corrected chi connectivity index (χ3v) is 5.01. The number of nitrogens with zero attached hydrogens (tertiary/aromatic N) is 1. The molecule has 0 amide bonds. The average molecular weight is 254 g/mol. The van der Waals surface area contributed by atoms with Crippen molar-refractivity contribution in [2.45, 2.75) is 77.2 Å². The van der Waals surface area contributed by atoms with E-state index >= 15 is 0 Å². The molecule has 106 valence electrons. The van der Waals surface area contributed by atoms with E-state index in [0.717, 1.165) is 13.1 Å². The van der Waals surface area contributed by atoms with Gasteiger partial charge in [-0.3, -0.25) is 4.90 Å². The second-order valence-electron chi connectivity index (χ2n) is 6.29. The van der Waals surface area contributed by atoms with E-state index in [1.807, 2.05) is 0 Å². The zero-order chi connectivity index (χ0) is 13.2. The Kier molecular flexibility index (Phi) is 4.68. The van der Waals surface area contributed by atoms with Crippen molar-refractivity contribution in [3.63, 3.8) is 0 Å². The second kappa shape index (κ2) is 5.89. The van der Waals surface area contributed by atoms with Gasteiger partial charge in [0.15, 0.2) is 0 Å². The van der Waals surface area contributed by atoms with E-state index in [4.69, 9.17) is 4.74 Å². The molecule has 2 aliphatic rings. The van der Waals surface area contributed by atoms with Gasteiger partial charge in [0, 0.05) is 31.2 Å². The van der Waals surface area contributed by atoms with Crippen LogP contribution in [0.25, 0.3) is 0 Å². The van der Waals surface area contributed by atoms with Gasteiger partial charge in [-0.15, -0.1) is 0 Å². The first-order valence-electron chi connectivity index (χ1n) is 7.73. The molecule has 2 aliphatic heterocycles. The van der Waals surface area contributed by atoms with Crippen LogP contribution in [0.2, 0.25) is 0 Å². The van der Waals surface area contributed by atoms with Crippen LogP contribution in [0.4, 0.5) is 0 Å². The summed E-state index contributed by atoms with van der Waals surface area (Å²) >= 11 is 0. The minimum Gasteiger partial charge on any atom is -0.374 e. The van der Waals surface area contributed by atoms with Crippen molar-refractivity contribution in [2.75, 3.05) is 19.6 Å². The van der Waals surface area contributed by atoms with Gasteiger partial charge >= 0.3 is 0 Å². The molecular formula is C15H30N2O. The van der Waals surface area contributed by atoms with Gasteiger partial charge in [0.05, 0.1) is 12.2 Å². The minimum absolute atomic E-state index is 0.330. The van der Waals surface area contributed by atoms with E-state index in [9.17, 15) is 0 Å². The van der Waals surface area contributed by atoms with E-state index in [0.29, 0.717) is 23.8 Å². The molecule has 2 heterocycles. The van der Waals surface area contributed by atoms with Crippen LogP contribution in [0.3, 0.4) is 0 Å². The standard InChI is InChI=1S/C15H30N2O/c1-5-15(6-2)11-17(12(3)9-16-15)10-14-8-7-13(4)18-14/h12-14,16H,5-11H2,1-4H3. The maximum Gasteiger partial charge on any atom is 0.0706 e. The molecule has 0 aromatic rings. The van der Waals surface area contributed by atoms with Gasteiger partial charge in [0.25, 0.3) is 0 Å². The molecule has 18 heavy (non-hydrogen) atoms. The molecule has 0 aromatic carbocycles. The van der Waals surface area contributed by atoms with Crippen LogP contribution in [0.1, 0.15) is 53.4 Å². The van der Waals surface area contributed by atoms with E-state index in [1.165, 1.54) is 32.2 Å². The molecule has 2 rings (SSSR count). The fraction of sp³-hybridized carbons (Fsp3) is 1.00. The summed E-state index contributed by atoms with van der Waals surface area (Å²) in [6.07, 6.45) is 5.84. The van der Waals surface area contributed by atoms with Gasteiger partial charge in [-0.25, -0.2) is 0 Å². The Balaban J connectivity index is 1.93. The van der Waals surface area contributed by atoms with Gasteiger partial charge in [0.2, 0.25) is 0 Å². The lowest BCUT2D eigenvalue weighted by atomic mass is 9.88. The molecule has 2 saturated heterocycles. The Labute approximate surface area is 112 Å². The van der Waals surface area contributed by atoms with Crippen molar-refractivity contribution in [2.24, 2.45) is 0 Å². The molecule has 3 unspecified atom stereocenters. The Morgan fingerprint density at radius 2 is 1.94 bits per heavy atom. The number of piperazine rings is 1. The van der Waals surface area contributed by atoms with Gasteiger partial charge < -0.3 is 10.1 Å². The maximum absolute atomic E-state index is 5.99. The van der Waals surface area contributed by atoms with Gasteiger partial charge in [-0.05, 0) is 39.5 Å². The highest BCUT2D eigenvalue weighted by Crippen LogP contribution is 2.26. The first-order valence-corrected chi connectivity index (χ1v) is 7.73. The fourth-order valence-electron chi connectivity index (χ4n) is 3.34. The molecule has 0 aliphatic carbocycles. The highest BCUT2D eigenvalue weighted by molar-refractivity contribution is 4.96. The van der Waals surface area contributed by atoms with Crippen molar-refractivity contribution in [1.82, 2.24) is 10.2 Å². The highest BCUT2D eigenvalue weighted by atomic mass is 16.5. The topological polar surface area (TPSA) is 24.5 Å². The largest absolute Gasteiger partial charge is 0.374 e. The Bertz CT molecular complexity index is 265.